The number of benzene rings is 1. The van der Waals surface area contributed by atoms with Crippen LogP contribution >= 0.6 is 0 Å². The second-order valence-electron chi connectivity index (χ2n) is 7.48. The third-order valence-electron chi connectivity index (χ3n) is 4.76. The molecule has 1 heterocycles. The van der Waals surface area contributed by atoms with E-state index in [1.165, 1.54) is 4.31 Å². The highest BCUT2D eigenvalue weighted by molar-refractivity contribution is 7.88. The van der Waals surface area contributed by atoms with E-state index in [1.807, 2.05) is 45.0 Å². The van der Waals surface area contributed by atoms with Gasteiger partial charge in [-0.15, -0.1) is 0 Å². The molecule has 1 amide bonds. The van der Waals surface area contributed by atoms with Gasteiger partial charge in [-0.25, -0.2) is 12.7 Å². The van der Waals surface area contributed by atoms with Crippen LogP contribution in [0.3, 0.4) is 0 Å². The number of rotatable bonds is 9. The zero-order valence-electron chi connectivity index (χ0n) is 16.6. The van der Waals surface area contributed by atoms with Crippen LogP contribution in [0.5, 0.6) is 0 Å². The number of hydrogen-bond donors (Lipinski definition) is 1. The van der Waals surface area contributed by atoms with Crippen LogP contribution in [0.2, 0.25) is 0 Å². The van der Waals surface area contributed by atoms with Gasteiger partial charge in [0.25, 0.3) is 0 Å². The molecule has 1 fully saturated rings. The quantitative estimate of drug-likeness (QED) is 0.651. The van der Waals surface area contributed by atoms with Gasteiger partial charge in [-0.2, -0.15) is 0 Å². The molecule has 1 aromatic carbocycles. The highest BCUT2D eigenvalue weighted by Gasteiger charge is 2.30. The minimum absolute atomic E-state index is 0.0139. The summed E-state index contributed by atoms with van der Waals surface area (Å²) in [6.45, 7) is 7.99. The molecule has 1 N–H and O–H groups in total. The number of nitrogens with one attached hydrogen (secondary N) is 1. The van der Waals surface area contributed by atoms with Gasteiger partial charge in [0.05, 0.1) is 11.9 Å². The van der Waals surface area contributed by atoms with Crippen molar-refractivity contribution in [2.45, 2.75) is 51.9 Å². The van der Waals surface area contributed by atoms with Gasteiger partial charge < -0.3 is 10.1 Å². The van der Waals surface area contributed by atoms with Crippen LogP contribution in [0.1, 0.15) is 44.2 Å². The van der Waals surface area contributed by atoms with Crippen LogP contribution in [-0.2, 0) is 25.3 Å². The predicted molar refractivity (Wildman–Crippen MR) is 107 cm³/mol. The minimum Gasteiger partial charge on any atom is -0.379 e. The van der Waals surface area contributed by atoms with Crippen molar-refractivity contribution >= 4 is 15.9 Å². The van der Waals surface area contributed by atoms with Gasteiger partial charge in [-0.1, -0.05) is 29.8 Å². The van der Waals surface area contributed by atoms with Crippen LogP contribution in [0.15, 0.2) is 24.3 Å². The molecule has 0 bridgehead atoms. The molecule has 152 valence electrons. The lowest BCUT2D eigenvalue weighted by Crippen LogP contribution is -2.43. The summed E-state index contributed by atoms with van der Waals surface area (Å²) in [4.78, 5) is 12.3. The standard InChI is InChI=1S/C20H32N2O4S/c1-16(2)26-14-4-11-21-20(23)19-9-12-22(13-10-19)27(24,25)15-18-7-5-17(3)6-8-18/h5-8,16,19H,4,9-15H2,1-3H3,(H,21,23). The second kappa shape index (κ2) is 10.2. The number of carbonyl (C=O) groups excluding carboxylic acids is 1. The van der Waals surface area contributed by atoms with E-state index in [4.69, 9.17) is 4.74 Å². The molecule has 27 heavy (non-hydrogen) atoms. The monoisotopic (exact) mass is 396 g/mol. The molecule has 0 radical (unpaired) electrons. The van der Waals surface area contributed by atoms with Gasteiger partial charge >= 0.3 is 0 Å². The average molecular weight is 397 g/mol. The summed E-state index contributed by atoms with van der Waals surface area (Å²) < 4.78 is 32.2. The molecular weight excluding hydrogens is 364 g/mol. The zero-order valence-corrected chi connectivity index (χ0v) is 17.4. The van der Waals surface area contributed by atoms with Crippen LogP contribution in [-0.4, -0.2) is 51.0 Å². The van der Waals surface area contributed by atoms with Gasteiger partial charge in [-0.3, -0.25) is 4.79 Å². The first-order chi connectivity index (χ1) is 12.8. The third kappa shape index (κ3) is 7.24. The Balaban J connectivity index is 1.75. The van der Waals surface area contributed by atoms with E-state index in [0.29, 0.717) is 39.1 Å². The van der Waals surface area contributed by atoms with Crippen LogP contribution < -0.4 is 5.32 Å². The smallest absolute Gasteiger partial charge is 0.223 e. The van der Waals surface area contributed by atoms with Gasteiger partial charge in [0, 0.05) is 32.2 Å². The predicted octanol–water partition coefficient (Wildman–Crippen LogP) is 2.47. The first-order valence-corrected chi connectivity index (χ1v) is 11.3. The van der Waals surface area contributed by atoms with Gasteiger partial charge in [0.1, 0.15) is 0 Å². The summed E-state index contributed by atoms with van der Waals surface area (Å²) >= 11 is 0. The molecule has 1 aromatic rings. The van der Waals surface area contributed by atoms with E-state index in [0.717, 1.165) is 17.5 Å². The third-order valence-corrected chi connectivity index (χ3v) is 6.61. The first-order valence-electron chi connectivity index (χ1n) is 9.70. The molecule has 1 aliphatic rings. The molecular formula is C20H32N2O4S. The van der Waals surface area contributed by atoms with E-state index in [2.05, 4.69) is 5.32 Å². The zero-order chi connectivity index (χ0) is 19.9. The Hall–Kier alpha value is -1.44. The molecule has 0 aliphatic carbocycles. The normalized spacial score (nSPS) is 16.6. The van der Waals surface area contributed by atoms with Crippen LogP contribution in [0.4, 0.5) is 0 Å². The van der Waals surface area contributed by atoms with E-state index in [1.54, 1.807) is 0 Å². The molecule has 1 aliphatic heterocycles. The number of hydrogen-bond acceptors (Lipinski definition) is 4. The topological polar surface area (TPSA) is 75.7 Å². The number of ether oxygens (including phenoxy) is 1. The van der Waals surface area contributed by atoms with Crippen molar-refractivity contribution in [1.29, 1.82) is 0 Å². The summed E-state index contributed by atoms with van der Waals surface area (Å²) in [7, 11) is -3.35. The summed E-state index contributed by atoms with van der Waals surface area (Å²) in [6.07, 6.45) is 2.13. The maximum Gasteiger partial charge on any atom is 0.223 e. The number of carbonyl (C=O) groups is 1. The number of piperidine rings is 1. The Morgan fingerprint density at radius 1 is 1.22 bits per heavy atom. The molecule has 6 nitrogen and oxygen atoms in total. The maximum atomic E-state index is 12.6. The fraction of sp³-hybridized carbons (Fsp3) is 0.650. The summed E-state index contributed by atoms with van der Waals surface area (Å²) in [5.74, 6) is -0.0723. The van der Waals surface area contributed by atoms with Crippen molar-refractivity contribution < 1.29 is 17.9 Å². The molecule has 1 saturated heterocycles. The van der Waals surface area contributed by atoms with Gasteiger partial charge in [0.2, 0.25) is 15.9 Å². The summed E-state index contributed by atoms with van der Waals surface area (Å²) in [5, 5.41) is 2.94. The van der Waals surface area contributed by atoms with E-state index in [9.17, 15) is 13.2 Å². The first kappa shape index (κ1) is 21.9. The molecule has 0 aromatic heterocycles. The lowest BCUT2D eigenvalue weighted by molar-refractivity contribution is -0.126. The highest BCUT2D eigenvalue weighted by atomic mass is 32.2. The van der Waals surface area contributed by atoms with Crippen LogP contribution in [0.25, 0.3) is 0 Å². The lowest BCUT2D eigenvalue weighted by Gasteiger charge is -2.30. The fourth-order valence-electron chi connectivity index (χ4n) is 3.13. The Bertz CT molecular complexity index is 693. The number of aryl methyl sites for hydroxylation is 1. The van der Waals surface area contributed by atoms with Crippen molar-refractivity contribution in [3.05, 3.63) is 35.4 Å². The lowest BCUT2D eigenvalue weighted by atomic mass is 9.97. The Morgan fingerprint density at radius 3 is 2.44 bits per heavy atom. The number of sulfonamides is 1. The van der Waals surface area contributed by atoms with E-state index < -0.39 is 10.0 Å². The van der Waals surface area contributed by atoms with Crippen molar-refractivity contribution in [3.8, 4) is 0 Å². The number of amides is 1. The van der Waals surface area contributed by atoms with Crippen LogP contribution in [0, 0.1) is 12.8 Å². The molecule has 0 atom stereocenters. The van der Waals surface area contributed by atoms with Crippen molar-refractivity contribution in [2.75, 3.05) is 26.2 Å². The largest absolute Gasteiger partial charge is 0.379 e. The molecule has 7 heteroatoms. The Morgan fingerprint density at radius 2 is 1.85 bits per heavy atom. The molecule has 2 rings (SSSR count). The van der Waals surface area contributed by atoms with Crippen molar-refractivity contribution in [3.63, 3.8) is 0 Å². The molecule has 0 spiro atoms. The summed E-state index contributed by atoms with van der Waals surface area (Å²) in [6, 6.07) is 7.56. The maximum absolute atomic E-state index is 12.6. The molecule has 0 saturated carbocycles. The average Bonchev–Trinajstić information content (AvgIpc) is 2.63. The van der Waals surface area contributed by atoms with Gasteiger partial charge in [-0.05, 0) is 45.6 Å². The van der Waals surface area contributed by atoms with Gasteiger partial charge in [0.15, 0.2) is 0 Å². The van der Waals surface area contributed by atoms with E-state index in [-0.39, 0.29) is 23.7 Å². The van der Waals surface area contributed by atoms with Crippen molar-refractivity contribution in [1.82, 2.24) is 9.62 Å². The Kier molecular flexibility index (Phi) is 8.26. The second-order valence-corrected chi connectivity index (χ2v) is 9.45. The SMILES string of the molecule is Cc1ccc(CS(=O)(=O)N2CCC(C(=O)NCCCOC(C)C)CC2)cc1. The summed E-state index contributed by atoms with van der Waals surface area (Å²) in [5.41, 5.74) is 1.91. The Labute approximate surface area is 163 Å². The number of nitrogens with zero attached hydrogens (tertiary/aromatic N) is 1. The minimum atomic E-state index is -3.35. The van der Waals surface area contributed by atoms with E-state index >= 15 is 0 Å². The van der Waals surface area contributed by atoms with Crippen molar-refractivity contribution in [2.24, 2.45) is 5.92 Å². The fourth-order valence-corrected chi connectivity index (χ4v) is 4.69. The molecule has 0 unspecified atom stereocenters. The highest BCUT2D eigenvalue weighted by Crippen LogP contribution is 2.22.